The number of methoxy groups -OCH3 is 2. The molecule has 0 unspecified atom stereocenters. The van der Waals surface area contributed by atoms with Crippen LogP contribution in [0.25, 0.3) is 0 Å². The summed E-state index contributed by atoms with van der Waals surface area (Å²) in [6.45, 7) is 7.77. The highest BCUT2D eigenvalue weighted by Crippen LogP contribution is 2.41. The number of benzene rings is 1. The number of carbonyl (C=O) groups is 1. The maximum Gasteiger partial charge on any atom is 0.304 e. The van der Waals surface area contributed by atoms with Crippen molar-refractivity contribution >= 4 is 5.97 Å². The van der Waals surface area contributed by atoms with Crippen LogP contribution in [0.15, 0.2) is 6.07 Å². The predicted molar refractivity (Wildman–Crippen MR) is 74.3 cm³/mol. The van der Waals surface area contributed by atoms with Crippen molar-refractivity contribution in [2.75, 3.05) is 14.2 Å². The van der Waals surface area contributed by atoms with Gasteiger partial charge >= 0.3 is 5.97 Å². The standard InChI is InChI=1S/C15H22O4/c1-9-7-11(18-5)14(19-6)10(2)13(9)15(3,4)8-12(16)17/h7H,8H2,1-6H3,(H,16,17). The van der Waals surface area contributed by atoms with Crippen molar-refractivity contribution < 1.29 is 19.4 Å². The molecular formula is C15H22O4. The van der Waals surface area contributed by atoms with Crippen molar-refractivity contribution in [3.05, 3.63) is 22.8 Å². The molecule has 4 nitrogen and oxygen atoms in total. The molecule has 1 rings (SSSR count). The van der Waals surface area contributed by atoms with Gasteiger partial charge in [-0.3, -0.25) is 4.79 Å². The van der Waals surface area contributed by atoms with Crippen molar-refractivity contribution in [2.24, 2.45) is 0 Å². The van der Waals surface area contributed by atoms with Crippen LogP contribution in [-0.2, 0) is 10.2 Å². The highest BCUT2D eigenvalue weighted by molar-refractivity contribution is 5.70. The van der Waals surface area contributed by atoms with Gasteiger partial charge < -0.3 is 14.6 Å². The Balaban J connectivity index is 3.48. The molecule has 0 aliphatic heterocycles. The fourth-order valence-electron chi connectivity index (χ4n) is 2.84. The molecule has 0 aliphatic carbocycles. The van der Waals surface area contributed by atoms with E-state index in [1.807, 2.05) is 33.8 Å². The van der Waals surface area contributed by atoms with Crippen LogP contribution < -0.4 is 9.47 Å². The monoisotopic (exact) mass is 266 g/mol. The Bertz CT molecular complexity index is 489. The molecule has 1 aromatic rings. The number of ether oxygens (including phenoxy) is 2. The van der Waals surface area contributed by atoms with Crippen molar-refractivity contribution in [3.63, 3.8) is 0 Å². The van der Waals surface area contributed by atoms with E-state index >= 15 is 0 Å². The van der Waals surface area contributed by atoms with E-state index in [9.17, 15) is 4.79 Å². The van der Waals surface area contributed by atoms with Gasteiger partial charge in [0.05, 0.1) is 20.6 Å². The third kappa shape index (κ3) is 3.00. The molecule has 0 atom stereocenters. The molecule has 1 aromatic carbocycles. The van der Waals surface area contributed by atoms with E-state index in [1.165, 1.54) is 0 Å². The molecule has 1 N–H and O–H groups in total. The summed E-state index contributed by atoms with van der Waals surface area (Å²) in [6.07, 6.45) is 0.0736. The maximum atomic E-state index is 11.0. The minimum atomic E-state index is -0.807. The molecule has 0 saturated carbocycles. The first-order valence-corrected chi connectivity index (χ1v) is 6.19. The number of aliphatic carboxylic acids is 1. The molecule has 106 valence electrons. The topological polar surface area (TPSA) is 55.8 Å². The Morgan fingerprint density at radius 1 is 1.26 bits per heavy atom. The fraction of sp³-hybridized carbons (Fsp3) is 0.533. The van der Waals surface area contributed by atoms with Gasteiger partial charge in [0.2, 0.25) is 0 Å². The van der Waals surface area contributed by atoms with Crippen LogP contribution in [0.5, 0.6) is 11.5 Å². The van der Waals surface area contributed by atoms with Gasteiger partial charge in [-0.2, -0.15) is 0 Å². The number of aryl methyl sites for hydroxylation is 1. The van der Waals surface area contributed by atoms with E-state index in [0.29, 0.717) is 11.5 Å². The molecule has 0 amide bonds. The lowest BCUT2D eigenvalue weighted by Crippen LogP contribution is -2.24. The van der Waals surface area contributed by atoms with E-state index < -0.39 is 11.4 Å². The highest BCUT2D eigenvalue weighted by atomic mass is 16.5. The lowest BCUT2D eigenvalue weighted by molar-refractivity contribution is -0.138. The minimum Gasteiger partial charge on any atom is -0.493 e. The van der Waals surface area contributed by atoms with Crippen molar-refractivity contribution in [3.8, 4) is 11.5 Å². The summed E-state index contributed by atoms with van der Waals surface area (Å²) in [5, 5.41) is 9.06. The zero-order chi connectivity index (χ0) is 14.8. The average molecular weight is 266 g/mol. The van der Waals surface area contributed by atoms with Gasteiger partial charge in [-0.05, 0) is 36.6 Å². The van der Waals surface area contributed by atoms with E-state index in [1.54, 1.807) is 14.2 Å². The number of carboxylic acids is 1. The van der Waals surface area contributed by atoms with Crippen LogP contribution in [0.1, 0.15) is 37.0 Å². The molecule has 0 bridgehead atoms. The molecule has 19 heavy (non-hydrogen) atoms. The van der Waals surface area contributed by atoms with Crippen molar-refractivity contribution in [1.29, 1.82) is 0 Å². The van der Waals surface area contributed by atoms with Gasteiger partial charge in [-0.25, -0.2) is 0 Å². The Morgan fingerprint density at radius 3 is 2.26 bits per heavy atom. The smallest absolute Gasteiger partial charge is 0.304 e. The van der Waals surface area contributed by atoms with Gasteiger partial charge in [0.1, 0.15) is 0 Å². The predicted octanol–water partition coefficient (Wildman–Crippen LogP) is 3.07. The van der Waals surface area contributed by atoms with Gasteiger partial charge in [-0.15, -0.1) is 0 Å². The number of hydrogen-bond donors (Lipinski definition) is 1. The van der Waals surface area contributed by atoms with Gasteiger partial charge in [0, 0.05) is 5.41 Å². The van der Waals surface area contributed by atoms with E-state index in [0.717, 1.165) is 16.7 Å². The molecule has 0 radical (unpaired) electrons. The van der Waals surface area contributed by atoms with E-state index in [-0.39, 0.29) is 6.42 Å². The second kappa shape index (κ2) is 5.51. The number of carboxylic acid groups (broad SMARTS) is 1. The summed E-state index contributed by atoms with van der Waals surface area (Å²) in [5.74, 6) is 0.535. The summed E-state index contributed by atoms with van der Waals surface area (Å²) in [5.41, 5.74) is 2.50. The molecule has 0 aromatic heterocycles. The SMILES string of the molecule is COc1cc(C)c(C(C)(C)CC(=O)O)c(C)c1OC. The first-order chi connectivity index (χ1) is 8.74. The van der Waals surface area contributed by atoms with Crippen LogP contribution >= 0.6 is 0 Å². The molecular weight excluding hydrogens is 244 g/mol. The van der Waals surface area contributed by atoms with Crippen LogP contribution in [0.2, 0.25) is 0 Å². The van der Waals surface area contributed by atoms with Crippen molar-refractivity contribution in [2.45, 2.75) is 39.5 Å². The van der Waals surface area contributed by atoms with Gasteiger partial charge in [0.15, 0.2) is 11.5 Å². The highest BCUT2D eigenvalue weighted by Gasteiger charge is 2.30. The minimum absolute atomic E-state index is 0.0736. The third-order valence-electron chi connectivity index (χ3n) is 3.38. The summed E-state index contributed by atoms with van der Waals surface area (Å²) in [6, 6.07) is 1.89. The second-order valence-electron chi connectivity index (χ2n) is 5.38. The first kappa shape index (κ1) is 15.3. The third-order valence-corrected chi connectivity index (χ3v) is 3.38. The number of hydrogen-bond acceptors (Lipinski definition) is 3. The van der Waals surface area contributed by atoms with E-state index in [4.69, 9.17) is 14.6 Å². The van der Waals surface area contributed by atoms with Crippen LogP contribution in [0, 0.1) is 13.8 Å². The number of rotatable bonds is 5. The summed E-state index contributed by atoms with van der Waals surface area (Å²) in [7, 11) is 3.19. The van der Waals surface area contributed by atoms with Crippen LogP contribution in [0.3, 0.4) is 0 Å². The Kier molecular flexibility index (Phi) is 4.45. The summed E-state index contributed by atoms with van der Waals surface area (Å²) >= 11 is 0. The largest absolute Gasteiger partial charge is 0.493 e. The Labute approximate surface area is 114 Å². The fourth-order valence-corrected chi connectivity index (χ4v) is 2.84. The molecule has 0 fully saturated rings. The maximum absolute atomic E-state index is 11.0. The quantitative estimate of drug-likeness (QED) is 0.889. The zero-order valence-corrected chi connectivity index (χ0v) is 12.5. The molecule has 0 aliphatic rings. The molecule has 0 spiro atoms. The van der Waals surface area contributed by atoms with Crippen molar-refractivity contribution in [1.82, 2.24) is 0 Å². The first-order valence-electron chi connectivity index (χ1n) is 6.19. The van der Waals surface area contributed by atoms with Crippen LogP contribution in [-0.4, -0.2) is 25.3 Å². The van der Waals surface area contributed by atoms with Crippen LogP contribution in [0.4, 0.5) is 0 Å². The zero-order valence-electron chi connectivity index (χ0n) is 12.5. The molecule has 0 saturated heterocycles. The lowest BCUT2D eigenvalue weighted by atomic mass is 9.76. The summed E-state index contributed by atoms with van der Waals surface area (Å²) in [4.78, 5) is 11.0. The molecule has 4 heteroatoms. The van der Waals surface area contributed by atoms with Gasteiger partial charge in [-0.1, -0.05) is 13.8 Å². The summed E-state index contributed by atoms with van der Waals surface area (Å²) < 4.78 is 10.7. The molecule has 0 heterocycles. The van der Waals surface area contributed by atoms with E-state index in [2.05, 4.69) is 0 Å². The Hall–Kier alpha value is -1.71. The second-order valence-corrected chi connectivity index (χ2v) is 5.38. The van der Waals surface area contributed by atoms with Gasteiger partial charge in [0.25, 0.3) is 0 Å². The lowest BCUT2D eigenvalue weighted by Gasteiger charge is -2.29. The normalized spacial score (nSPS) is 11.3. The average Bonchev–Trinajstić information content (AvgIpc) is 2.25. The Morgan fingerprint density at radius 2 is 1.84 bits per heavy atom.